The fourth-order valence-electron chi connectivity index (χ4n) is 1.85. The first-order valence-electron chi connectivity index (χ1n) is 6.13. The number of ether oxygens (including phenoxy) is 1. The van der Waals surface area contributed by atoms with E-state index < -0.39 is 4.92 Å². The number of nitro groups is 1. The predicted molar refractivity (Wildman–Crippen MR) is 74.7 cm³/mol. The molecule has 2 rings (SSSR count). The van der Waals surface area contributed by atoms with Crippen molar-refractivity contribution >= 4 is 5.69 Å². The molecule has 0 aliphatic carbocycles. The third kappa shape index (κ3) is 2.75. The molecule has 0 bridgehead atoms. The third-order valence-corrected chi connectivity index (χ3v) is 2.88. The predicted octanol–water partition coefficient (Wildman–Crippen LogP) is 3.11. The highest BCUT2D eigenvalue weighted by Crippen LogP contribution is 2.35. The van der Waals surface area contributed by atoms with Gasteiger partial charge >= 0.3 is 5.69 Å². The van der Waals surface area contributed by atoms with Gasteiger partial charge in [-0.2, -0.15) is 0 Å². The third-order valence-electron chi connectivity index (χ3n) is 2.88. The van der Waals surface area contributed by atoms with E-state index in [1.807, 2.05) is 0 Å². The van der Waals surface area contributed by atoms with Gasteiger partial charge in [-0.05, 0) is 25.5 Å². The van der Waals surface area contributed by atoms with E-state index in [9.17, 15) is 10.1 Å². The summed E-state index contributed by atoms with van der Waals surface area (Å²) in [5, 5.41) is 11.1. The van der Waals surface area contributed by atoms with E-state index in [1.165, 1.54) is 6.07 Å². The van der Waals surface area contributed by atoms with Gasteiger partial charge in [0, 0.05) is 23.9 Å². The Kier molecular flexibility index (Phi) is 3.95. The number of aryl methyl sites for hydroxylation is 1. The van der Waals surface area contributed by atoms with Crippen molar-refractivity contribution in [3.05, 3.63) is 57.8 Å². The second kappa shape index (κ2) is 5.66. The highest BCUT2D eigenvalue weighted by Gasteiger charge is 2.20. The molecule has 1 aromatic heterocycles. The number of benzene rings is 1. The maximum atomic E-state index is 11.1. The Morgan fingerprint density at radius 1 is 1.35 bits per heavy atom. The fraction of sp³-hybridized carbons (Fsp3) is 0.214. The van der Waals surface area contributed by atoms with E-state index in [1.54, 1.807) is 44.3 Å². The van der Waals surface area contributed by atoms with Crippen LogP contribution in [-0.4, -0.2) is 9.91 Å². The number of hydrogen-bond acceptors (Lipinski definition) is 5. The maximum absolute atomic E-state index is 11.1. The SMILES string of the molecule is Cc1cccc([N+](=O)[O-])c1Oc1ncccc1[C@H](C)N. The summed E-state index contributed by atoms with van der Waals surface area (Å²) in [7, 11) is 0. The van der Waals surface area contributed by atoms with Crippen molar-refractivity contribution in [3.63, 3.8) is 0 Å². The molecule has 1 heterocycles. The van der Waals surface area contributed by atoms with Gasteiger partial charge in [-0.25, -0.2) is 4.98 Å². The Morgan fingerprint density at radius 2 is 2.10 bits per heavy atom. The molecule has 2 aromatic rings. The molecular weight excluding hydrogens is 258 g/mol. The van der Waals surface area contributed by atoms with Crippen LogP contribution in [0.2, 0.25) is 0 Å². The monoisotopic (exact) mass is 273 g/mol. The summed E-state index contributed by atoms with van der Waals surface area (Å²) in [5.74, 6) is 0.484. The molecule has 20 heavy (non-hydrogen) atoms. The number of para-hydroxylation sites is 1. The molecule has 104 valence electrons. The summed E-state index contributed by atoms with van der Waals surface area (Å²) in [6.45, 7) is 3.55. The number of nitrogens with two attached hydrogens (primary N) is 1. The normalized spacial score (nSPS) is 11.9. The van der Waals surface area contributed by atoms with Gasteiger partial charge in [0.25, 0.3) is 0 Å². The Hall–Kier alpha value is -2.47. The van der Waals surface area contributed by atoms with Gasteiger partial charge in [0.15, 0.2) is 0 Å². The standard InChI is InChI=1S/C14H15N3O3/c1-9-5-3-7-12(17(18)19)13(9)20-14-11(10(2)15)6-4-8-16-14/h3-8,10H,15H2,1-2H3/t10-/m0/s1. The van der Waals surface area contributed by atoms with Gasteiger partial charge in [-0.3, -0.25) is 10.1 Å². The number of rotatable bonds is 4. The zero-order valence-electron chi connectivity index (χ0n) is 11.2. The molecule has 1 atom stereocenters. The van der Waals surface area contributed by atoms with Crippen molar-refractivity contribution in [2.45, 2.75) is 19.9 Å². The van der Waals surface area contributed by atoms with Crippen LogP contribution in [-0.2, 0) is 0 Å². The van der Waals surface area contributed by atoms with Crippen LogP contribution >= 0.6 is 0 Å². The molecule has 0 saturated heterocycles. The molecule has 0 unspecified atom stereocenters. The molecule has 6 nitrogen and oxygen atoms in total. The van der Waals surface area contributed by atoms with E-state index in [0.717, 1.165) is 0 Å². The largest absolute Gasteiger partial charge is 0.431 e. The lowest BCUT2D eigenvalue weighted by Gasteiger charge is -2.13. The quantitative estimate of drug-likeness (QED) is 0.682. The molecule has 0 aliphatic heterocycles. The summed E-state index contributed by atoms with van der Waals surface area (Å²) < 4.78 is 5.66. The van der Waals surface area contributed by atoms with Gasteiger partial charge in [0.1, 0.15) is 0 Å². The van der Waals surface area contributed by atoms with Crippen LogP contribution in [0.4, 0.5) is 5.69 Å². The van der Waals surface area contributed by atoms with E-state index in [2.05, 4.69) is 4.98 Å². The lowest BCUT2D eigenvalue weighted by Crippen LogP contribution is -2.08. The molecule has 0 saturated carbocycles. The molecule has 0 aliphatic rings. The minimum atomic E-state index is -0.475. The van der Waals surface area contributed by atoms with E-state index in [-0.39, 0.29) is 17.5 Å². The lowest BCUT2D eigenvalue weighted by molar-refractivity contribution is -0.385. The van der Waals surface area contributed by atoms with Gasteiger partial charge < -0.3 is 10.5 Å². The van der Waals surface area contributed by atoms with Gasteiger partial charge in [0.2, 0.25) is 11.6 Å². The molecule has 0 amide bonds. The highest BCUT2D eigenvalue weighted by atomic mass is 16.6. The highest BCUT2D eigenvalue weighted by molar-refractivity contribution is 5.53. The molecule has 2 N–H and O–H groups in total. The summed E-state index contributed by atoms with van der Waals surface area (Å²) in [5.41, 5.74) is 7.13. The molecule has 0 spiro atoms. The van der Waals surface area contributed by atoms with Crippen LogP contribution in [0.25, 0.3) is 0 Å². The fourth-order valence-corrected chi connectivity index (χ4v) is 1.85. The molecule has 0 fully saturated rings. The van der Waals surface area contributed by atoms with Crippen molar-refractivity contribution in [2.24, 2.45) is 5.73 Å². The second-order valence-electron chi connectivity index (χ2n) is 4.47. The summed E-state index contributed by atoms with van der Waals surface area (Å²) in [6, 6.07) is 8.02. The Balaban J connectivity index is 2.48. The number of nitro benzene ring substituents is 1. The van der Waals surface area contributed by atoms with Crippen molar-refractivity contribution in [2.75, 3.05) is 0 Å². The van der Waals surface area contributed by atoms with Crippen LogP contribution in [0.1, 0.15) is 24.1 Å². The topological polar surface area (TPSA) is 91.3 Å². The number of nitrogens with zero attached hydrogens (tertiary/aromatic N) is 2. The minimum Gasteiger partial charge on any atom is -0.431 e. The van der Waals surface area contributed by atoms with Gasteiger partial charge in [0.05, 0.1) is 4.92 Å². The molecule has 6 heteroatoms. The average Bonchev–Trinajstić information content (AvgIpc) is 2.41. The van der Waals surface area contributed by atoms with Crippen molar-refractivity contribution in [3.8, 4) is 11.6 Å². The van der Waals surface area contributed by atoms with Gasteiger partial charge in [-0.15, -0.1) is 0 Å². The van der Waals surface area contributed by atoms with Crippen molar-refractivity contribution < 1.29 is 9.66 Å². The molecular formula is C14H15N3O3. The van der Waals surface area contributed by atoms with Crippen LogP contribution in [0, 0.1) is 17.0 Å². The van der Waals surface area contributed by atoms with Crippen LogP contribution < -0.4 is 10.5 Å². The maximum Gasteiger partial charge on any atom is 0.311 e. The second-order valence-corrected chi connectivity index (χ2v) is 4.47. The zero-order chi connectivity index (χ0) is 14.7. The summed E-state index contributed by atoms with van der Waals surface area (Å²) >= 11 is 0. The molecule has 1 aromatic carbocycles. The number of pyridine rings is 1. The van der Waals surface area contributed by atoms with E-state index in [0.29, 0.717) is 17.0 Å². The Labute approximate surface area is 116 Å². The first kappa shape index (κ1) is 14.0. The average molecular weight is 273 g/mol. The van der Waals surface area contributed by atoms with Gasteiger partial charge in [-0.1, -0.05) is 18.2 Å². The lowest BCUT2D eigenvalue weighted by atomic mass is 10.1. The Bertz CT molecular complexity index is 641. The van der Waals surface area contributed by atoms with Crippen LogP contribution in [0.15, 0.2) is 36.5 Å². The van der Waals surface area contributed by atoms with Crippen molar-refractivity contribution in [1.82, 2.24) is 4.98 Å². The van der Waals surface area contributed by atoms with Crippen molar-refractivity contribution in [1.29, 1.82) is 0 Å². The molecule has 0 radical (unpaired) electrons. The van der Waals surface area contributed by atoms with E-state index >= 15 is 0 Å². The first-order valence-corrected chi connectivity index (χ1v) is 6.13. The van der Waals surface area contributed by atoms with E-state index in [4.69, 9.17) is 10.5 Å². The minimum absolute atomic E-state index is 0.0914. The summed E-state index contributed by atoms with van der Waals surface area (Å²) in [6.07, 6.45) is 1.56. The number of hydrogen-bond donors (Lipinski definition) is 1. The smallest absolute Gasteiger partial charge is 0.311 e. The Morgan fingerprint density at radius 3 is 2.75 bits per heavy atom. The zero-order valence-corrected chi connectivity index (χ0v) is 11.2. The number of aromatic nitrogens is 1. The first-order chi connectivity index (χ1) is 9.50. The van der Waals surface area contributed by atoms with Crippen LogP contribution in [0.3, 0.4) is 0 Å². The summed E-state index contributed by atoms with van der Waals surface area (Å²) in [4.78, 5) is 14.7. The van der Waals surface area contributed by atoms with Crippen LogP contribution in [0.5, 0.6) is 11.6 Å².